The molecule has 0 radical (unpaired) electrons. The second-order valence-corrected chi connectivity index (χ2v) is 9.32. The summed E-state index contributed by atoms with van der Waals surface area (Å²) in [7, 11) is -2.29. The molecular formula is C19H19N3O6S2. The SMILES string of the molecule is COc1ccc(CCO)cc1Oc1nnc(S(=O)(=O)Cc2ccc(C(N)=O)cc2)s1. The van der Waals surface area contributed by atoms with E-state index >= 15 is 0 Å². The molecule has 0 unspecified atom stereocenters. The average molecular weight is 450 g/mol. The maximum atomic E-state index is 12.7. The summed E-state index contributed by atoms with van der Waals surface area (Å²) in [6.45, 7) is -0.0204. The van der Waals surface area contributed by atoms with Gasteiger partial charge in [-0.25, -0.2) is 8.42 Å². The summed E-state index contributed by atoms with van der Waals surface area (Å²) in [5, 5.41) is 16.7. The van der Waals surface area contributed by atoms with Crippen molar-refractivity contribution in [1.82, 2.24) is 10.2 Å². The van der Waals surface area contributed by atoms with E-state index < -0.39 is 15.7 Å². The van der Waals surface area contributed by atoms with Crippen molar-refractivity contribution in [2.45, 2.75) is 16.5 Å². The second-order valence-electron chi connectivity index (χ2n) is 6.22. The van der Waals surface area contributed by atoms with Crippen molar-refractivity contribution in [3.63, 3.8) is 0 Å². The number of carbonyl (C=O) groups excluding carboxylic acids is 1. The molecular weight excluding hydrogens is 430 g/mol. The minimum atomic E-state index is -3.77. The number of nitrogens with two attached hydrogens (primary N) is 1. The number of rotatable bonds is 9. The highest BCUT2D eigenvalue weighted by atomic mass is 32.2. The minimum Gasteiger partial charge on any atom is -0.493 e. The fraction of sp³-hybridized carbons (Fsp3) is 0.211. The highest BCUT2D eigenvalue weighted by Crippen LogP contribution is 2.35. The van der Waals surface area contributed by atoms with Crippen LogP contribution in [-0.2, 0) is 22.0 Å². The Bertz CT molecular complexity index is 1140. The standard InChI is InChI=1S/C19H19N3O6S2/c1-27-15-7-4-12(8-9-23)10-16(15)28-18-21-22-19(29-18)30(25,26)11-13-2-5-14(6-3-13)17(20)24/h2-7,10,23H,8-9,11H2,1H3,(H2,20,24). The first-order valence-corrected chi connectivity index (χ1v) is 11.2. The summed E-state index contributed by atoms with van der Waals surface area (Å²) < 4.78 is 36.0. The summed E-state index contributed by atoms with van der Waals surface area (Å²) >= 11 is 0.789. The lowest BCUT2D eigenvalue weighted by Gasteiger charge is -2.09. The summed E-state index contributed by atoms with van der Waals surface area (Å²) in [5.41, 5.74) is 6.78. The van der Waals surface area contributed by atoms with E-state index in [0.29, 0.717) is 29.0 Å². The molecule has 3 aromatic rings. The second kappa shape index (κ2) is 9.20. The highest BCUT2D eigenvalue weighted by molar-refractivity contribution is 7.92. The number of aliphatic hydroxyl groups excluding tert-OH is 1. The van der Waals surface area contributed by atoms with E-state index in [2.05, 4.69) is 10.2 Å². The predicted octanol–water partition coefficient (Wildman–Crippen LogP) is 1.95. The van der Waals surface area contributed by atoms with Crippen molar-refractivity contribution in [1.29, 1.82) is 0 Å². The van der Waals surface area contributed by atoms with E-state index in [4.69, 9.17) is 20.3 Å². The van der Waals surface area contributed by atoms with Gasteiger partial charge >= 0.3 is 5.19 Å². The molecule has 0 aliphatic rings. The molecule has 0 bridgehead atoms. The van der Waals surface area contributed by atoms with Gasteiger partial charge in [0, 0.05) is 12.2 Å². The van der Waals surface area contributed by atoms with Crippen molar-refractivity contribution >= 4 is 27.1 Å². The number of primary amides is 1. The van der Waals surface area contributed by atoms with Crippen LogP contribution in [0, 0.1) is 0 Å². The number of ether oxygens (including phenoxy) is 2. The summed E-state index contributed by atoms with van der Waals surface area (Å²) in [6, 6.07) is 11.1. The van der Waals surface area contributed by atoms with Gasteiger partial charge in [-0.2, -0.15) is 0 Å². The quantitative estimate of drug-likeness (QED) is 0.505. The lowest BCUT2D eigenvalue weighted by Crippen LogP contribution is -2.11. The number of carbonyl (C=O) groups is 1. The molecule has 3 N–H and O–H groups in total. The first-order valence-electron chi connectivity index (χ1n) is 8.73. The van der Waals surface area contributed by atoms with Gasteiger partial charge in [-0.1, -0.05) is 23.3 Å². The molecule has 3 rings (SSSR count). The lowest BCUT2D eigenvalue weighted by atomic mass is 10.1. The van der Waals surface area contributed by atoms with Crippen LogP contribution >= 0.6 is 11.3 Å². The molecule has 1 amide bonds. The molecule has 0 saturated carbocycles. The van der Waals surface area contributed by atoms with Gasteiger partial charge in [-0.15, -0.1) is 5.10 Å². The molecule has 158 valence electrons. The Balaban J connectivity index is 1.78. The van der Waals surface area contributed by atoms with E-state index in [9.17, 15) is 13.2 Å². The van der Waals surface area contributed by atoms with Gasteiger partial charge in [0.25, 0.3) is 0 Å². The van der Waals surface area contributed by atoms with Gasteiger partial charge in [-0.05, 0) is 53.1 Å². The van der Waals surface area contributed by atoms with E-state index in [1.54, 1.807) is 18.2 Å². The summed E-state index contributed by atoms with van der Waals surface area (Å²) in [5.74, 6) is -0.124. The van der Waals surface area contributed by atoms with Crippen molar-refractivity contribution in [2.24, 2.45) is 5.73 Å². The van der Waals surface area contributed by atoms with Crippen LogP contribution in [0.3, 0.4) is 0 Å². The van der Waals surface area contributed by atoms with Crippen molar-refractivity contribution < 1.29 is 27.8 Å². The summed E-state index contributed by atoms with van der Waals surface area (Å²) in [4.78, 5) is 11.1. The number of nitrogens with zero attached hydrogens (tertiary/aromatic N) is 2. The molecule has 9 nitrogen and oxygen atoms in total. The zero-order valence-electron chi connectivity index (χ0n) is 15.9. The Labute approximate surface area is 177 Å². The maximum absolute atomic E-state index is 12.7. The van der Waals surface area contributed by atoms with Crippen LogP contribution in [0.1, 0.15) is 21.5 Å². The van der Waals surface area contributed by atoms with Crippen LogP contribution in [0.5, 0.6) is 16.7 Å². The van der Waals surface area contributed by atoms with Gasteiger partial charge in [-0.3, -0.25) is 4.79 Å². The number of hydrogen-bond acceptors (Lipinski definition) is 9. The van der Waals surface area contributed by atoms with Crippen molar-refractivity contribution in [3.05, 3.63) is 59.2 Å². The number of benzene rings is 2. The average Bonchev–Trinajstić information content (AvgIpc) is 3.18. The number of aliphatic hydroxyl groups is 1. The normalized spacial score (nSPS) is 11.3. The van der Waals surface area contributed by atoms with E-state index in [1.807, 2.05) is 0 Å². The van der Waals surface area contributed by atoms with Crippen molar-refractivity contribution in [2.75, 3.05) is 13.7 Å². The Morgan fingerprint density at radius 1 is 1.10 bits per heavy atom. The third-order valence-electron chi connectivity index (χ3n) is 4.07. The molecule has 0 aliphatic carbocycles. The zero-order valence-corrected chi connectivity index (χ0v) is 17.6. The van der Waals surface area contributed by atoms with Crippen LogP contribution < -0.4 is 15.2 Å². The van der Waals surface area contributed by atoms with E-state index in [1.165, 1.54) is 31.4 Å². The first-order chi connectivity index (χ1) is 14.3. The molecule has 11 heteroatoms. The maximum Gasteiger partial charge on any atom is 0.300 e. The third kappa shape index (κ3) is 5.12. The van der Waals surface area contributed by atoms with Gasteiger partial charge < -0.3 is 20.3 Å². The third-order valence-corrected chi connectivity index (χ3v) is 7.01. The van der Waals surface area contributed by atoms with Gasteiger partial charge in [0.05, 0.1) is 12.9 Å². The van der Waals surface area contributed by atoms with E-state index in [0.717, 1.165) is 16.9 Å². The number of amides is 1. The van der Waals surface area contributed by atoms with Crippen LogP contribution in [0.4, 0.5) is 0 Å². The monoisotopic (exact) mass is 449 g/mol. The fourth-order valence-electron chi connectivity index (χ4n) is 2.59. The van der Waals surface area contributed by atoms with Crippen LogP contribution in [0.2, 0.25) is 0 Å². The Morgan fingerprint density at radius 3 is 2.43 bits per heavy atom. The lowest BCUT2D eigenvalue weighted by molar-refractivity contribution is 0.1000. The molecule has 0 spiro atoms. The molecule has 1 heterocycles. The highest BCUT2D eigenvalue weighted by Gasteiger charge is 2.22. The van der Waals surface area contributed by atoms with Crippen LogP contribution in [0.25, 0.3) is 0 Å². The molecule has 0 saturated heterocycles. The van der Waals surface area contributed by atoms with Crippen LogP contribution in [-0.4, -0.2) is 43.3 Å². The van der Waals surface area contributed by atoms with E-state index in [-0.39, 0.29) is 21.9 Å². The molecule has 0 atom stereocenters. The number of sulfone groups is 1. The predicted molar refractivity (Wildman–Crippen MR) is 110 cm³/mol. The van der Waals surface area contributed by atoms with Gasteiger partial charge in [0.2, 0.25) is 20.1 Å². The summed E-state index contributed by atoms with van der Waals surface area (Å²) in [6.07, 6.45) is 0.435. The number of aromatic nitrogens is 2. The Morgan fingerprint density at radius 2 is 1.80 bits per heavy atom. The smallest absolute Gasteiger partial charge is 0.300 e. The fourth-order valence-corrected chi connectivity index (χ4v) is 4.85. The molecule has 2 aromatic carbocycles. The number of hydrogen-bond donors (Lipinski definition) is 2. The molecule has 0 fully saturated rings. The molecule has 1 aromatic heterocycles. The molecule has 30 heavy (non-hydrogen) atoms. The first kappa shape index (κ1) is 21.7. The van der Waals surface area contributed by atoms with Crippen molar-refractivity contribution in [3.8, 4) is 16.7 Å². The Kier molecular flexibility index (Phi) is 6.65. The topological polar surface area (TPSA) is 142 Å². The largest absolute Gasteiger partial charge is 0.493 e. The van der Waals surface area contributed by atoms with Crippen LogP contribution in [0.15, 0.2) is 46.8 Å². The van der Waals surface area contributed by atoms with Gasteiger partial charge in [0.15, 0.2) is 11.5 Å². The molecule has 0 aliphatic heterocycles. The Hall–Kier alpha value is -3.02. The number of methoxy groups -OCH3 is 1. The van der Waals surface area contributed by atoms with Gasteiger partial charge in [0.1, 0.15) is 0 Å². The zero-order chi connectivity index (χ0) is 21.7. The minimum absolute atomic E-state index is 0.0204.